The molecule has 1 aliphatic heterocycles. The molecule has 1 saturated heterocycles. The topological polar surface area (TPSA) is 40.6 Å². The molecule has 1 atom stereocenters. The van der Waals surface area contributed by atoms with Gasteiger partial charge in [0.05, 0.1) is 16.3 Å². The van der Waals surface area contributed by atoms with Gasteiger partial charge in [-0.15, -0.1) is 0 Å². The van der Waals surface area contributed by atoms with Crippen LogP contribution < -0.4 is 4.90 Å². The van der Waals surface area contributed by atoms with E-state index in [1.54, 1.807) is 24.3 Å². The molecule has 0 N–H and O–H groups in total. The number of carbonyl (C=O) groups excluding carboxylic acids is 2. The highest BCUT2D eigenvalue weighted by molar-refractivity contribution is 6.35. The second-order valence-electron chi connectivity index (χ2n) is 6.13. The van der Waals surface area contributed by atoms with Crippen LogP contribution in [0.4, 0.5) is 10.1 Å². The van der Waals surface area contributed by atoms with E-state index in [0.717, 1.165) is 0 Å². The number of rotatable bonds is 3. The molecule has 4 nitrogen and oxygen atoms in total. The number of hydrogen-bond donors (Lipinski definition) is 0. The molecule has 0 aromatic heterocycles. The fourth-order valence-electron chi connectivity index (χ4n) is 3.15. The molecule has 136 valence electrons. The van der Waals surface area contributed by atoms with Gasteiger partial charge in [0.25, 0.3) is 5.91 Å². The van der Waals surface area contributed by atoms with Gasteiger partial charge in [-0.3, -0.25) is 9.59 Å². The van der Waals surface area contributed by atoms with Crippen LogP contribution in [0.5, 0.6) is 0 Å². The summed E-state index contributed by atoms with van der Waals surface area (Å²) in [4.78, 5) is 28.5. The maximum absolute atomic E-state index is 14.0. The molecule has 2 aromatic rings. The van der Waals surface area contributed by atoms with Crippen molar-refractivity contribution in [2.24, 2.45) is 0 Å². The zero-order chi connectivity index (χ0) is 18.8. The van der Waals surface area contributed by atoms with E-state index >= 15 is 0 Å². The Morgan fingerprint density at radius 2 is 1.92 bits per heavy atom. The first-order valence-electron chi connectivity index (χ1n) is 8.18. The molecular weight excluding hydrogens is 378 g/mol. The third-order valence-electron chi connectivity index (χ3n) is 4.50. The molecule has 1 heterocycles. The standard InChI is InChI=1S/C19H17Cl2FN2O2/c1-23(16-6-3-2-5-15(16)22)19(26)17-7-4-10-24(17)18(25)13-11-12(20)8-9-14(13)21/h2-3,5-6,8-9,11,17H,4,7,10H2,1H3. The number of likely N-dealkylation sites (tertiary alicyclic amines) is 1. The van der Waals surface area contributed by atoms with Gasteiger partial charge in [0.2, 0.25) is 5.91 Å². The minimum absolute atomic E-state index is 0.178. The summed E-state index contributed by atoms with van der Waals surface area (Å²) >= 11 is 12.1. The van der Waals surface area contributed by atoms with Crippen molar-refractivity contribution in [3.8, 4) is 0 Å². The Labute approximate surface area is 161 Å². The first kappa shape index (κ1) is 18.7. The predicted molar refractivity (Wildman–Crippen MR) is 100 cm³/mol. The van der Waals surface area contributed by atoms with E-state index in [1.807, 2.05) is 0 Å². The summed E-state index contributed by atoms with van der Waals surface area (Å²) in [5, 5.41) is 0.670. The lowest BCUT2D eigenvalue weighted by molar-refractivity contribution is -0.122. The van der Waals surface area contributed by atoms with E-state index in [9.17, 15) is 14.0 Å². The normalized spacial score (nSPS) is 16.6. The maximum Gasteiger partial charge on any atom is 0.256 e. The molecule has 0 spiro atoms. The van der Waals surface area contributed by atoms with Crippen LogP contribution in [0.25, 0.3) is 0 Å². The van der Waals surface area contributed by atoms with E-state index < -0.39 is 11.9 Å². The monoisotopic (exact) mass is 394 g/mol. The Bertz CT molecular complexity index is 859. The van der Waals surface area contributed by atoms with Crippen LogP contribution in [-0.4, -0.2) is 36.3 Å². The Morgan fingerprint density at radius 1 is 1.19 bits per heavy atom. The van der Waals surface area contributed by atoms with Crippen molar-refractivity contribution in [3.63, 3.8) is 0 Å². The van der Waals surface area contributed by atoms with Gasteiger partial charge in [-0.1, -0.05) is 35.3 Å². The van der Waals surface area contributed by atoms with Gasteiger partial charge in [0, 0.05) is 18.6 Å². The number of nitrogens with zero attached hydrogens (tertiary/aromatic N) is 2. The van der Waals surface area contributed by atoms with Gasteiger partial charge in [-0.2, -0.15) is 0 Å². The lowest BCUT2D eigenvalue weighted by Gasteiger charge is -2.28. The van der Waals surface area contributed by atoms with Crippen LogP contribution in [-0.2, 0) is 4.79 Å². The van der Waals surface area contributed by atoms with E-state index in [0.29, 0.717) is 24.4 Å². The highest BCUT2D eigenvalue weighted by Gasteiger charge is 2.37. The van der Waals surface area contributed by atoms with Crippen LogP contribution in [0.2, 0.25) is 10.0 Å². The molecule has 26 heavy (non-hydrogen) atoms. The molecule has 0 aliphatic carbocycles. The van der Waals surface area contributed by atoms with Crippen molar-refractivity contribution in [2.75, 3.05) is 18.5 Å². The van der Waals surface area contributed by atoms with Crippen LogP contribution in [0, 0.1) is 5.82 Å². The SMILES string of the molecule is CN(C(=O)C1CCCN1C(=O)c1cc(Cl)ccc1Cl)c1ccccc1F. The van der Waals surface area contributed by atoms with E-state index in [-0.39, 0.29) is 28.1 Å². The van der Waals surface area contributed by atoms with Crippen LogP contribution in [0.15, 0.2) is 42.5 Å². The molecule has 7 heteroatoms. The zero-order valence-corrected chi connectivity index (χ0v) is 15.6. The average molecular weight is 395 g/mol. The average Bonchev–Trinajstić information content (AvgIpc) is 3.12. The minimum atomic E-state index is -0.665. The lowest BCUT2D eigenvalue weighted by Crippen LogP contribution is -2.47. The smallest absolute Gasteiger partial charge is 0.256 e. The molecule has 1 unspecified atom stereocenters. The van der Waals surface area contributed by atoms with Crippen molar-refractivity contribution in [2.45, 2.75) is 18.9 Å². The van der Waals surface area contributed by atoms with Crippen LogP contribution in [0.1, 0.15) is 23.2 Å². The molecule has 1 aliphatic rings. The first-order valence-corrected chi connectivity index (χ1v) is 8.94. The highest BCUT2D eigenvalue weighted by atomic mass is 35.5. The molecule has 0 bridgehead atoms. The quantitative estimate of drug-likeness (QED) is 0.773. The summed E-state index contributed by atoms with van der Waals surface area (Å²) in [7, 11) is 1.51. The first-order chi connectivity index (χ1) is 12.4. The summed E-state index contributed by atoms with van der Waals surface area (Å²) in [5.41, 5.74) is 0.435. The Morgan fingerprint density at radius 3 is 2.65 bits per heavy atom. The molecular formula is C19H17Cl2FN2O2. The van der Waals surface area contributed by atoms with Crippen LogP contribution >= 0.6 is 23.2 Å². The van der Waals surface area contributed by atoms with E-state index in [2.05, 4.69) is 0 Å². The van der Waals surface area contributed by atoms with Crippen molar-refractivity contribution in [3.05, 3.63) is 63.9 Å². The molecule has 2 aromatic carbocycles. The second kappa shape index (κ2) is 7.64. The largest absolute Gasteiger partial charge is 0.327 e. The Hall–Kier alpha value is -2.11. The fraction of sp³-hybridized carbons (Fsp3) is 0.263. The fourth-order valence-corrected chi connectivity index (χ4v) is 3.52. The number of benzene rings is 2. The lowest BCUT2D eigenvalue weighted by atomic mass is 10.1. The molecule has 0 radical (unpaired) electrons. The number of anilines is 1. The Kier molecular flexibility index (Phi) is 5.49. The van der Waals surface area contributed by atoms with Crippen molar-refractivity contribution in [1.82, 2.24) is 4.90 Å². The number of likely N-dealkylation sites (N-methyl/N-ethyl adjacent to an activating group) is 1. The number of carbonyl (C=O) groups is 2. The molecule has 2 amide bonds. The number of hydrogen-bond acceptors (Lipinski definition) is 2. The molecule has 1 fully saturated rings. The summed E-state index contributed by atoms with van der Waals surface area (Å²) < 4.78 is 14.0. The van der Waals surface area contributed by atoms with Gasteiger partial charge in [0.15, 0.2) is 0 Å². The van der Waals surface area contributed by atoms with Crippen LogP contribution in [0.3, 0.4) is 0 Å². The molecule has 3 rings (SSSR count). The zero-order valence-electron chi connectivity index (χ0n) is 14.1. The summed E-state index contributed by atoms with van der Waals surface area (Å²) in [6.07, 6.45) is 1.20. The maximum atomic E-state index is 14.0. The summed E-state index contributed by atoms with van der Waals surface area (Å²) in [6, 6.07) is 10.0. The Balaban J connectivity index is 1.86. The van der Waals surface area contributed by atoms with Gasteiger partial charge < -0.3 is 9.80 Å². The number of amides is 2. The van der Waals surface area contributed by atoms with Crippen molar-refractivity contribution >= 4 is 40.7 Å². The highest BCUT2D eigenvalue weighted by Crippen LogP contribution is 2.28. The van der Waals surface area contributed by atoms with E-state index in [1.165, 1.54) is 35.0 Å². The number of para-hydroxylation sites is 1. The van der Waals surface area contributed by atoms with Gasteiger partial charge in [-0.05, 0) is 43.2 Å². The third-order valence-corrected chi connectivity index (χ3v) is 5.07. The van der Waals surface area contributed by atoms with Gasteiger partial charge >= 0.3 is 0 Å². The van der Waals surface area contributed by atoms with Crippen molar-refractivity contribution in [1.29, 1.82) is 0 Å². The summed E-state index contributed by atoms with van der Waals surface area (Å²) in [6.45, 7) is 0.434. The summed E-state index contributed by atoms with van der Waals surface area (Å²) in [5.74, 6) is -1.17. The van der Waals surface area contributed by atoms with Crippen molar-refractivity contribution < 1.29 is 14.0 Å². The molecule has 0 saturated carbocycles. The number of halogens is 3. The van der Waals surface area contributed by atoms with E-state index in [4.69, 9.17) is 23.2 Å². The van der Waals surface area contributed by atoms with Gasteiger partial charge in [0.1, 0.15) is 11.9 Å². The third kappa shape index (κ3) is 3.55. The predicted octanol–water partition coefficient (Wildman–Crippen LogP) is 4.40. The minimum Gasteiger partial charge on any atom is -0.327 e. The second-order valence-corrected chi connectivity index (χ2v) is 6.97. The van der Waals surface area contributed by atoms with Gasteiger partial charge in [-0.25, -0.2) is 4.39 Å².